The molecule has 2 aliphatic heterocycles. The van der Waals surface area contributed by atoms with Gasteiger partial charge in [0, 0.05) is 32.6 Å². The molecule has 12 heteroatoms. The van der Waals surface area contributed by atoms with Crippen LogP contribution in [0.5, 0.6) is 0 Å². The zero-order valence-electron chi connectivity index (χ0n) is 17.3. The lowest BCUT2D eigenvalue weighted by Gasteiger charge is -2.21. The van der Waals surface area contributed by atoms with E-state index in [4.69, 9.17) is 5.11 Å². The first-order chi connectivity index (χ1) is 15.1. The van der Waals surface area contributed by atoms with Crippen molar-refractivity contribution in [1.29, 1.82) is 0 Å². The van der Waals surface area contributed by atoms with Crippen LogP contribution in [0, 0.1) is 6.92 Å². The summed E-state index contributed by atoms with van der Waals surface area (Å²) in [4.78, 5) is 28.0. The Hall–Kier alpha value is -3.44. The molecule has 9 nitrogen and oxygen atoms in total. The number of nitrogens with zero attached hydrogens (tertiary/aromatic N) is 6. The van der Waals surface area contributed by atoms with Crippen LogP contribution in [-0.4, -0.2) is 73.3 Å². The summed E-state index contributed by atoms with van der Waals surface area (Å²) in [5.74, 6) is 0.284. The van der Waals surface area contributed by atoms with Gasteiger partial charge in [0.1, 0.15) is 0 Å². The number of carbonyl (C=O) groups is 2. The SMILES string of the molecule is Cc1nnn(Cc2cc(C(F)(F)F)ccc2CCC(=O)N2CC3=C(CN(C(=O)O)C3)C2)n1. The van der Waals surface area contributed by atoms with Crippen LogP contribution in [0.3, 0.4) is 0 Å². The Balaban J connectivity index is 1.42. The van der Waals surface area contributed by atoms with Crippen molar-refractivity contribution in [1.82, 2.24) is 30.0 Å². The maximum atomic E-state index is 13.2. The number of benzene rings is 1. The Morgan fingerprint density at radius 2 is 1.72 bits per heavy atom. The van der Waals surface area contributed by atoms with E-state index in [-0.39, 0.29) is 25.3 Å². The maximum absolute atomic E-state index is 13.2. The van der Waals surface area contributed by atoms with E-state index in [9.17, 15) is 22.8 Å². The first kappa shape index (κ1) is 21.8. The van der Waals surface area contributed by atoms with E-state index in [1.807, 2.05) is 0 Å². The molecule has 2 aliphatic rings. The molecule has 0 atom stereocenters. The third-order valence-electron chi connectivity index (χ3n) is 5.66. The monoisotopic (exact) mass is 450 g/mol. The number of hydrogen-bond donors (Lipinski definition) is 1. The molecule has 0 fully saturated rings. The number of amides is 2. The quantitative estimate of drug-likeness (QED) is 0.700. The van der Waals surface area contributed by atoms with Crippen LogP contribution in [0.2, 0.25) is 0 Å². The van der Waals surface area contributed by atoms with Crippen molar-refractivity contribution in [3.05, 3.63) is 51.9 Å². The first-order valence-electron chi connectivity index (χ1n) is 9.99. The summed E-state index contributed by atoms with van der Waals surface area (Å²) in [5, 5.41) is 20.7. The molecule has 0 saturated heterocycles. The van der Waals surface area contributed by atoms with Crippen molar-refractivity contribution in [2.75, 3.05) is 26.2 Å². The summed E-state index contributed by atoms with van der Waals surface area (Å²) in [5.41, 5.74) is 2.11. The van der Waals surface area contributed by atoms with E-state index in [1.165, 1.54) is 15.8 Å². The lowest BCUT2D eigenvalue weighted by Crippen LogP contribution is -2.35. The number of hydrogen-bond acceptors (Lipinski definition) is 5. The highest BCUT2D eigenvalue weighted by atomic mass is 19.4. The van der Waals surface area contributed by atoms with E-state index in [0.717, 1.165) is 23.3 Å². The smallest absolute Gasteiger partial charge is 0.416 e. The van der Waals surface area contributed by atoms with Crippen LogP contribution in [0.1, 0.15) is 28.9 Å². The van der Waals surface area contributed by atoms with Gasteiger partial charge >= 0.3 is 12.3 Å². The fourth-order valence-corrected chi connectivity index (χ4v) is 4.03. The van der Waals surface area contributed by atoms with Crippen LogP contribution in [0.4, 0.5) is 18.0 Å². The van der Waals surface area contributed by atoms with Crippen molar-refractivity contribution in [2.45, 2.75) is 32.5 Å². The third kappa shape index (κ3) is 4.58. The second kappa shape index (κ2) is 8.24. The van der Waals surface area contributed by atoms with E-state index in [1.54, 1.807) is 11.8 Å². The molecule has 170 valence electrons. The van der Waals surface area contributed by atoms with Gasteiger partial charge in [-0.2, -0.15) is 18.0 Å². The predicted octanol–water partition coefficient (Wildman–Crippen LogP) is 2.11. The number of carbonyl (C=O) groups excluding carboxylic acids is 1. The second-order valence-corrected chi connectivity index (χ2v) is 7.94. The first-order valence-corrected chi connectivity index (χ1v) is 9.99. The van der Waals surface area contributed by atoms with Gasteiger partial charge in [-0.15, -0.1) is 10.2 Å². The number of aromatic nitrogens is 4. The van der Waals surface area contributed by atoms with Crippen LogP contribution < -0.4 is 0 Å². The molecule has 4 rings (SSSR count). The van der Waals surface area contributed by atoms with Crippen LogP contribution in [0.15, 0.2) is 29.3 Å². The molecule has 2 aromatic rings. The van der Waals surface area contributed by atoms with Crippen LogP contribution in [-0.2, 0) is 23.9 Å². The molecule has 1 N–H and O–H groups in total. The molecule has 0 spiro atoms. The Kier molecular flexibility index (Phi) is 5.61. The normalized spacial score (nSPS) is 16.1. The number of rotatable bonds is 5. The highest BCUT2D eigenvalue weighted by molar-refractivity contribution is 5.78. The fraction of sp³-hybridized carbons (Fsp3) is 0.450. The van der Waals surface area contributed by atoms with E-state index < -0.39 is 17.8 Å². The topological polar surface area (TPSA) is 104 Å². The number of tetrazole rings is 1. The second-order valence-electron chi connectivity index (χ2n) is 7.94. The number of carboxylic acid groups (broad SMARTS) is 1. The van der Waals surface area contributed by atoms with E-state index >= 15 is 0 Å². The summed E-state index contributed by atoms with van der Waals surface area (Å²) in [6.45, 7) is 3.04. The average Bonchev–Trinajstić information content (AvgIpc) is 3.40. The van der Waals surface area contributed by atoms with Gasteiger partial charge in [0.05, 0.1) is 12.1 Å². The van der Waals surface area contributed by atoms with Crippen molar-refractivity contribution < 1.29 is 27.9 Å². The minimum absolute atomic E-state index is 0.0128. The molecule has 0 radical (unpaired) electrons. The van der Waals surface area contributed by atoms with Crippen LogP contribution >= 0.6 is 0 Å². The molecule has 32 heavy (non-hydrogen) atoms. The summed E-state index contributed by atoms with van der Waals surface area (Å²) >= 11 is 0. The maximum Gasteiger partial charge on any atom is 0.416 e. The molecule has 3 heterocycles. The number of alkyl halides is 3. The molecular weight excluding hydrogens is 429 g/mol. The van der Waals surface area contributed by atoms with Gasteiger partial charge < -0.3 is 14.9 Å². The predicted molar refractivity (Wildman–Crippen MR) is 105 cm³/mol. The summed E-state index contributed by atoms with van der Waals surface area (Å²) in [6.07, 6.45) is -5.07. The molecular formula is C20H21F3N6O3. The molecule has 1 aromatic carbocycles. The average molecular weight is 450 g/mol. The Labute approximate surface area is 181 Å². The van der Waals surface area contributed by atoms with E-state index in [2.05, 4.69) is 15.4 Å². The Morgan fingerprint density at radius 1 is 1.06 bits per heavy atom. The van der Waals surface area contributed by atoms with Crippen molar-refractivity contribution in [2.24, 2.45) is 0 Å². The number of aryl methyl sites for hydroxylation is 2. The van der Waals surface area contributed by atoms with E-state index in [0.29, 0.717) is 43.1 Å². The lowest BCUT2D eigenvalue weighted by molar-refractivity contribution is -0.137. The highest BCUT2D eigenvalue weighted by Gasteiger charge is 2.34. The zero-order valence-corrected chi connectivity index (χ0v) is 17.3. The fourth-order valence-electron chi connectivity index (χ4n) is 4.03. The van der Waals surface area contributed by atoms with Crippen molar-refractivity contribution in [3.63, 3.8) is 0 Å². The minimum Gasteiger partial charge on any atom is -0.465 e. The van der Waals surface area contributed by atoms with Crippen LogP contribution in [0.25, 0.3) is 0 Å². The van der Waals surface area contributed by atoms with Gasteiger partial charge in [-0.3, -0.25) is 4.79 Å². The largest absolute Gasteiger partial charge is 0.465 e. The molecule has 0 bridgehead atoms. The minimum atomic E-state index is -4.49. The standard InChI is InChI=1S/C20H21F3N6O3/c1-12-24-26-29(25-12)11-14-6-17(20(21,22)23)4-2-13(14)3-5-18(30)27-7-15-9-28(19(31)32)10-16(15)8-27/h2,4,6H,3,5,7-11H2,1H3,(H,31,32). The molecule has 0 aliphatic carbocycles. The van der Waals surface area contributed by atoms with Gasteiger partial charge in [-0.05, 0) is 53.0 Å². The highest BCUT2D eigenvalue weighted by Crippen LogP contribution is 2.31. The summed E-state index contributed by atoms with van der Waals surface area (Å²) in [6, 6.07) is 3.46. The van der Waals surface area contributed by atoms with Gasteiger partial charge in [0.25, 0.3) is 0 Å². The van der Waals surface area contributed by atoms with Gasteiger partial charge in [0.15, 0.2) is 5.82 Å². The van der Waals surface area contributed by atoms with Gasteiger partial charge in [0.2, 0.25) is 5.91 Å². The zero-order chi connectivity index (χ0) is 23.0. The summed E-state index contributed by atoms with van der Waals surface area (Å²) in [7, 11) is 0. The summed E-state index contributed by atoms with van der Waals surface area (Å²) < 4.78 is 39.6. The molecule has 1 aromatic heterocycles. The van der Waals surface area contributed by atoms with Gasteiger partial charge in [-0.1, -0.05) is 6.07 Å². The Morgan fingerprint density at radius 3 is 2.28 bits per heavy atom. The number of halogens is 3. The third-order valence-corrected chi connectivity index (χ3v) is 5.66. The molecule has 2 amide bonds. The van der Waals surface area contributed by atoms with Gasteiger partial charge in [-0.25, -0.2) is 4.79 Å². The lowest BCUT2D eigenvalue weighted by atomic mass is 9.99. The van der Waals surface area contributed by atoms with Crippen molar-refractivity contribution >= 4 is 12.0 Å². The Bertz CT molecular complexity index is 1080. The molecule has 0 saturated carbocycles. The van der Waals surface area contributed by atoms with Crippen molar-refractivity contribution in [3.8, 4) is 0 Å². The molecule has 0 unspecified atom stereocenters.